The molecule has 14 heavy (non-hydrogen) atoms. The van der Waals surface area contributed by atoms with Gasteiger partial charge in [-0.15, -0.1) is 0 Å². The van der Waals surface area contributed by atoms with Crippen LogP contribution in [0.3, 0.4) is 0 Å². The number of sulfone groups is 1. The molecular formula is C10H14O3S. The van der Waals surface area contributed by atoms with Crippen molar-refractivity contribution < 1.29 is 13.5 Å². The van der Waals surface area contributed by atoms with Gasteiger partial charge in [-0.05, 0) is 25.5 Å². The Hall–Kier alpha value is -0.870. The Morgan fingerprint density at radius 1 is 1.29 bits per heavy atom. The topological polar surface area (TPSA) is 54.4 Å². The minimum Gasteiger partial charge on any atom is -0.396 e. The molecule has 1 N–H and O–H groups in total. The van der Waals surface area contributed by atoms with Gasteiger partial charge >= 0.3 is 0 Å². The monoisotopic (exact) mass is 214 g/mol. The lowest BCUT2D eigenvalue weighted by molar-refractivity contribution is 0.287. The molecule has 0 fully saturated rings. The van der Waals surface area contributed by atoms with Crippen molar-refractivity contribution in [2.24, 2.45) is 0 Å². The van der Waals surface area contributed by atoms with Crippen LogP contribution in [0.1, 0.15) is 13.3 Å². The standard InChI is InChI=1S/C10H14O3S/c1-9(7-8-11)14(12,13)10-5-3-2-4-6-10/h2-6,9,11H,7-8H2,1H3. The van der Waals surface area contributed by atoms with Crippen molar-refractivity contribution in [1.29, 1.82) is 0 Å². The Morgan fingerprint density at radius 3 is 2.36 bits per heavy atom. The number of aliphatic hydroxyl groups excluding tert-OH is 1. The van der Waals surface area contributed by atoms with Crippen molar-refractivity contribution in [2.75, 3.05) is 6.61 Å². The summed E-state index contributed by atoms with van der Waals surface area (Å²) in [5, 5.41) is 8.15. The predicted octanol–water partition coefficient (Wildman–Crippen LogP) is 1.23. The Bertz CT molecular complexity index is 370. The number of hydrogen-bond acceptors (Lipinski definition) is 3. The van der Waals surface area contributed by atoms with Gasteiger partial charge in [0.05, 0.1) is 10.1 Å². The summed E-state index contributed by atoms with van der Waals surface area (Å²) in [4.78, 5) is 0.320. The minimum atomic E-state index is -3.26. The number of aliphatic hydroxyl groups is 1. The van der Waals surface area contributed by atoms with Crippen molar-refractivity contribution >= 4 is 9.84 Å². The maximum absolute atomic E-state index is 11.8. The van der Waals surface area contributed by atoms with E-state index in [-0.39, 0.29) is 13.0 Å². The lowest BCUT2D eigenvalue weighted by Crippen LogP contribution is -2.19. The molecule has 0 saturated carbocycles. The second-order valence-electron chi connectivity index (χ2n) is 3.18. The van der Waals surface area contributed by atoms with Crippen molar-refractivity contribution in [3.8, 4) is 0 Å². The minimum absolute atomic E-state index is 0.104. The smallest absolute Gasteiger partial charge is 0.181 e. The van der Waals surface area contributed by atoms with Gasteiger partial charge < -0.3 is 5.11 Å². The third-order valence-electron chi connectivity index (χ3n) is 2.14. The van der Waals surface area contributed by atoms with E-state index < -0.39 is 15.1 Å². The van der Waals surface area contributed by atoms with E-state index in [1.807, 2.05) is 0 Å². The molecule has 0 bridgehead atoms. The molecule has 3 nitrogen and oxygen atoms in total. The zero-order valence-electron chi connectivity index (χ0n) is 8.05. The Balaban J connectivity index is 2.97. The first kappa shape index (κ1) is 11.2. The molecule has 0 heterocycles. The van der Waals surface area contributed by atoms with E-state index in [1.165, 1.54) is 0 Å². The second-order valence-corrected chi connectivity index (χ2v) is 5.55. The van der Waals surface area contributed by atoms with Crippen LogP contribution in [0.25, 0.3) is 0 Å². The van der Waals surface area contributed by atoms with Gasteiger partial charge in [-0.3, -0.25) is 0 Å². The van der Waals surface area contributed by atoms with E-state index in [0.29, 0.717) is 4.90 Å². The van der Waals surface area contributed by atoms with E-state index in [4.69, 9.17) is 5.11 Å². The first-order chi connectivity index (χ1) is 6.59. The van der Waals surface area contributed by atoms with Crippen LogP contribution in [0.2, 0.25) is 0 Å². The van der Waals surface area contributed by atoms with Crippen LogP contribution >= 0.6 is 0 Å². The molecule has 1 aromatic rings. The summed E-state index contributed by atoms with van der Waals surface area (Å²) in [6.07, 6.45) is 0.275. The summed E-state index contributed by atoms with van der Waals surface area (Å²) in [6.45, 7) is 1.51. The van der Waals surface area contributed by atoms with Crippen LogP contribution in [-0.2, 0) is 9.84 Å². The Labute approximate surface area is 84.3 Å². The van der Waals surface area contributed by atoms with Gasteiger partial charge in [0.15, 0.2) is 9.84 Å². The molecule has 0 aliphatic rings. The van der Waals surface area contributed by atoms with Gasteiger partial charge in [0.2, 0.25) is 0 Å². The van der Waals surface area contributed by atoms with Crippen LogP contribution in [0.15, 0.2) is 35.2 Å². The molecule has 0 saturated heterocycles. The van der Waals surface area contributed by atoms with E-state index >= 15 is 0 Å². The molecule has 1 atom stereocenters. The molecule has 0 radical (unpaired) electrons. The largest absolute Gasteiger partial charge is 0.396 e. The van der Waals surface area contributed by atoms with Crippen LogP contribution < -0.4 is 0 Å². The third-order valence-corrected chi connectivity index (χ3v) is 4.36. The molecule has 78 valence electrons. The lowest BCUT2D eigenvalue weighted by Gasteiger charge is -2.10. The van der Waals surface area contributed by atoms with Crippen molar-refractivity contribution in [3.05, 3.63) is 30.3 Å². The highest BCUT2D eigenvalue weighted by Gasteiger charge is 2.21. The van der Waals surface area contributed by atoms with Gasteiger partial charge in [-0.2, -0.15) is 0 Å². The first-order valence-electron chi connectivity index (χ1n) is 4.49. The predicted molar refractivity (Wildman–Crippen MR) is 54.8 cm³/mol. The average molecular weight is 214 g/mol. The van der Waals surface area contributed by atoms with Gasteiger partial charge in [-0.25, -0.2) is 8.42 Å². The van der Waals surface area contributed by atoms with Gasteiger partial charge in [0.1, 0.15) is 0 Å². The summed E-state index contributed by atoms with van der Waals surface area (Å²) in [7, 11) is -3.26. The van der Waals surface area contributed by atoms with Crippen LogP contribution in [0.4, 0.5) is 0 Å². The van der Waals surface area contributed by atoms with Crippen LogP contribution in [0.5, 0.6) is 0 Å². The fraction of sp³-hybridized carbons (Fsp3) is 0.400. The molecule has 0 aliphatic heterocycles. The summed E-state index contributed by atoms with van der Waals surface area (Å²) < 4.78 is 23.6. The summed E-state index contributed by atoms with van der Waals surface area (Å²) >= 11 is 0. The first-order valence-corrected chi connectivity index (χ1v) is 6.03. The maximum Gasteiger partial charge on any atom is 0.181 e. The molecule has 1 rings (SSSR count). The molecule has 1 unspecified atom stereocenters. The average Bonchev–Trinajstić information content (AvgIpc) is 2.19. The summed E-state index contributed by atoms with van der Waals surface area (Å²) in [5.41, 5.74) is 0. The number of hydrogen-bond donors (Lipinski definition) is 1. The van der Waals surface area contributed by atoms with Gasteiger partial charge in [0.25, 0.3) is 0 Å². The molecular weight excluding hydrogens is 200 g/mol. The highest BCUT2D eigenvalue weighted by Crippen LogP contribution is 2.17. The second kappa shape index (κ2) is 4.57. The zero-order chi connectivity index (χ0) is 10.6. The maximum atomic E-state index is 11.8. The SMILES string of the molecule is CC(CCO)S(=O)(=O)c1ccccc1. The Kier molecular flexibility index (Phi) is 3.66. The van der Waals surface area contributed by atoms with E-state index in [9.17, 15) is 8.42 Å². The molecule has 0 amide bonds. The zero-order valence-corrected chi connectivity index (χ0v) is 8.87. The quantitative estimate of drug-likeness (QED) is 0.820. The highest BCUT2D eigenvalue weighted by atomic mass is 32.2. The van der Waals surface area contributed by atoms with E-state index in [0.717, 1.165) is 0 Å². The summed E-state index contributed by atoms with van der Waals surface area (Å²) in [5.74, 6) is 0. The van der Waals surface area contributed by atoms with Crippen molar-refractivity contribution in [3.63, 3.8) is 0 Å². The molecule has 0 spiro atoms. The molecule has 0 aliphatic carbocycles. The number of rotatable bonds is 4. The molecule has 0 aromatic heterocycles. The van der Waals surface area contributed by atoms with Crippen LogP contribution in [0, 0.1) is 0 Å². The molecule has 1 aromatic carbocycles. The van der Waals surface area contributed by atoms with E-state index in [1.54, 1.807) is 37.3 Å². The lowest BCUT2D eigenvalue weighted by atomic mass is 10.3. The normalized spacial score (nSPS) is 13.9. The third kappa shape index (κ3) is 2.33. The fourth-order valence-electron chi connectivity index (χ4n) is 1.18. The van der Waals surface area contributed by atoms with E-state index in [2.05, 4.69) is 0 Å². The highest BCUT2D eigenvalue weighted by molar-refractivity contribution is 7.92. The van der Waals surface area contributed by atoms with Crippen molar-refractivity contribution in [1.82, 2.24) is 0 Å². The number of benzene rings is 1. The van der Waals surface area contributed by atoms with Crippen molar-refractivity contribution in [2.45, 2.75) is 23.5 Å². The van der Waals surface area contributed by atoms with Gasteiger partial charge in [0, 0.05) is 6.61 Å². The Morgan fingerprint density at radius 2 is 1.86 bits per heavy atom. The fourth-order valence-corrected chi connectivity index (χ4v) is 2.60. The molecule has 4 heteroatoms. The van der Waals surface area contributed by atoms with Gasteiger partial charge in [-0.1, -0.05) is 18.2 Å². The van der Waals surface area contributed by atoms with Crippen LogP contribution in [-0.4, -0.2) is 25.4 Å². The summed E-state index contributed by atoms with van der Waals surface area (Å²) in [6, 6.07) is 8.30.